The highest BCUT2D eigenvalue weighted by Gasteiger charge is 2.52. The second kappa shape index (κ2) is 10.7. The van der Waals surface area contributed by atoms with Gasteiger partial charge in [0, 0.05) is 11.1 Å². The van der Waals surface area contributed by atoms with E-state index in [0.29, 0.717) is 0 Å². The van der Waals surface area contributed by atoms with Crippen LogP contribution >= 0.6 is 0 Å². The second-order valence-corrected chi connectivity index (χ2v) is 13.7. The molecule has 0 atom stereocenters. The molecule has 1 heterocycles. The van der Waals surface area contributed by atoms with Crippen LogP contribution in [0, 0.1) is 0 Å². The fraction of sp³-hybridized carbons (Fsp3) is 0.0204. The molecule has 51 heavy (non-hydrogen) atoms. The van der Waals surface area contributed by atoms with Crippen LogP contribution in [0.2, 0.25) is 0 Å². The van der Waals surface area contributed by atoms with Crippen LogP contribution in [-0.2, 0) is 5.41 Å². The lowest BCUT2D eigenvalue weighted by molar-refractivity contribution is 0.802. The van der Waals surface area contributed by atoms with Crippen LogP contribution < -0.4 is 0 Å². The van der Waals surface area contributed by atoms with Crippen molar-refractivity contribution >= 4 is 21.5 Å². The third-order valence-corrected chi connectivity index (χ3v) is 11.2. The number of hydrogen-bond acceptors (Lipinski definition) is 2. The Morgan fingerprint density at radius 1 is 0.333 bits per heavy atom. The smallest absolute Gasteiger partial charge is 0.0885 e. The lowest BCUT2D eigenvalue weighted by Gasteiger charge is -2.31. The van der Waals surface area contributed by atoms with Gasteiger partial charge in [-0.3, -0.25) is 9.97 Å². The Bertz CT molecular complexity index is 2790. The van der Waals surface area contributed by atoms with Gasteiger partial charge in [-0.25, -0.2) is 0 Å². The van der Waals surface area contributed by atoms with Crippen molar-refractivity contribution in [2.45, 2.75) is 5.41 Å². The predicted octanol–water partition coefficient (Wildman–Crippen LogP) is 12.1. The molecule has 0 N–H and O–H groups in total. The minimum absolute atomic E-state index is 0.401. The van der Waals surface area contributed by atoms with Crippen molar-refractivity contribution in [3.8, 4) is 55.9 Å². The van der Waals surface area contributed by atoms with Crippen LogP contribution in [0.1, 0.15) is 22.3 Å². The highest BCUT2D eigenvalue weighted by Crippen LogP contribution is 2.64. The fourth-order valence-corrected chi connectivity index (χ4v) is 8.91. The molecule has 236 valence electrons. The summed E-state index contributed by atoms with van der Waals surface area (Å²) < 4.78 is 0. The first-order chi connectivity index (χ1) is 25.3. The van der Waals surface area contributed by atoms with E-state index >= 15 is 0 Å². The van der Waals surface area contributed by atoms with E-state index in [9.17, 15) is 0 Å². The number of aromatic nitrogens is 2. The number of nitrogens with zero attached hydrogens (tertiary/aromatic N) is 2. The Kier molecular flexibility index (Phi) is 5.91. The molecule has 0 bridgehead atoms. The van der Waals surface area contributed by atoms with Gasteiger partial charge in [-0.2, -0.15) is 0 Å². The first kappa shape index (κ1) is 28.2. The van der Waals surface area contributed by atoms with Crippen LogP contribution in [0.4, 0.5) is 0 Å². The molecule has 11 rings (SSSR count). The van der Waals surface area contributed by atoms with Gasteiger partial charge in [-0.1, -0.05) is 152 Å². The van der Waals surface area contributed by atoms with Crippen molar-refractivity contribution in [3.63, 3.8) is 0 Å². The maximum absolute atomic E-state index is 4.74. The SMILES string of the molecule is c1ccc(-c2cnc(-c3ccc(-c4ccc5cc6c(cc5c4)C4(c5ccccc5-c5ccccc54)c4c-6ccc5ccccc45)cc3)cn2)cc1. The average Bonchev–Trinajstić information content (AvgIpc) is 3.67. The molecule has 2 aliphatic carbocycles. The molecule has 8 aromatic carbocycles. The van der Waals surface area contributed by atoms with Crippen molar-refractivity contribution in [2.75, 3.05) is 0 Å². The number of hydrogen-bond donors (Lipinski definition) is 0. The Morgan fingerprint density at radius 2 is 0.922 bits per heavy atom. The maximum Gasteiger partial charge on any atom is 0.0885 e. The zero-order valence-electron chi connectivity index (χ0n) is 27.7. The van der Waals surface area contributed by atoms with Gasteiger partial charge in [0.1, 0.15) is 0 Å². The van der Waals surface area contributed by atoms with E-state index in [0.717, 1.165) is 22.5 Å². The minimum Gasteiger partial charge on any atom is -0.252 e. The Hall–Kier alpha value is -6.64. The number of rotatable bonds is 3. The summed E-state index contributed by atoms with van der Waals surface area (Å²) in [5, 5.41) is 5.09. The third kappa shape index (κ3) is 3.99. The first-order valence-electron chi connectivity index (χ1n) is 17.6. The molecule has 0 aliphatic heterocycles. The van der Waals surface area contributed by atoms with Crippen molar-refractivity contribution in [1.29, 1.82) is 0 Å². The topological polar surface area (TPSA) is 25.8 Å². The standard InChI is InChI=1S/C49H30N2/c1-2-11-33(12-3-1)46-29-51-47(30-50-46)34-20-18-31(19-21-34)35-22-23-36-27-42-41-25-24-32-10-4-5-13-38(32)48(41)49(45(42)28-37(36)26-35)43-16-8-6-14-39(43)40-15-7-9-17-44(40)49/h1-30H. The number of fused-ring (bicyclic) bond motifs is 13. The van der Waals surface area contributed by atoms with Crippen LogP contribution in [0.15, 0.2) is 182 Å². The van der Waals surface area contributed by atoms with Gasteiger partial charge in [0.05, 0.1) is 29.2 Å². The van der Waals surface area contributed by atoms with Crippen molar-refractivity contribution in [1.82, 2.24) is 9.97 Å². The van der Waals surface area contributed by atoms with Gasteiger partial charge in [0.15, 0.2) is 0 Å². The van der Waals surface area contributed by atoms with Gasteiger partial charge in [0.2, 0.25) is 0 Å². The molecule has 0 saturated heterocycles. The highest BCUT2D eigenvalue weighted by atomic mass is 14.8. The molecule has 1 spiro atoms. The largest absolute Gasteiger partial charge is 0.252 e. The van der Waals surface area contributed by atoms with Gasteiger partial charge in [0.25, 0.3) is 0 Å². The predicted molar refractivity (Wildman–Crippen MR) is 210 cm³/mol. The quantitative estimate of drug-likeness (QED) is 0.191. The van der Waals surface area contributed by atoms with Gasteiger partial charge < -0.3 is 0 Å². The van der Waals surface area contributed by atoms with Crippen LogP contribution in [0.5, 0.6) is 0 Å². The Morgan fingerprint density at radius 3 is 1.65 bits per heavy atom. The summed E-state index contributed by atoms with van der Waals surface area (Å²) in [4.78, 5) is 9.44. The summed E-state index contributed by atoms with van der Waals surface area (Å²) in [6, 6.07) is 62.4. The summed E-state index contributed by atoms with van der Waals surface area (Å²) >= 11 is 0. The molecule has 2 aliphatic rings. The molecule has 2 heteroatoms. The van der Waals surface area contributed by atoms with E-state index in [4.69, 9.17) is 9.97 Å². The van der Waals surface area contributed by atoms with Crippen LogP contribution in [0.3, 0.4) is 0 Å². The minimum atomic E-state index is -0.401. The number of benzene rings is 8. The van der Waals surface area contributed by atoms with E-state index in [1.807, 2.05) is 30.6 Å². The molecule has 0 radical (unpaired) electrons. The zero-order chi connectivity index (χ0) is 33.5. The Labute approximate surface area is 296 Å². The molecular formula is C49H30N2. The fourth-order valence-electron chi connectivity index (χ4n) is 8.91. The monoisotopic (exact) mass is 646 g/mol. The molecule has 1 aromatic heterocycles. The lowest BCUT2D eigenvalue weighted by Crippen LogP contribution is -2.26. The highest BCUT2D eigenvalue weighted by molar-refractivity contribution is 6.06. The summed E-state index contributed by atoms with van der Waals surface area (Å²) in [5.74, 6) is 0. The van der Waals surface area contributed by atoms with E-state index in [2.05, 4.69) is 152 Å². The van der Waals surface area contributed by atoms with Crippen LogP contribution in [0.25, 0.3) is 77.4 Å². The third-order valence-electron chi connectivity index (χ3n) is 11.2. The van der Waals surface area contributed by atoms with Crippen molar-refractivity contribution in [3.05, 3.63) is 205 Å². The van der Waals surface area contributed by atoms with E-state index < -0.39 is 5.41 Å². The van der Waals surface area contributed by atoms with Crippen LogP contribution in [-0.4, -0.2) is 9.97 Å². The van der Waals surface area contributed by atoms with Gasteiger partial charge in [-0.05, 0) is 95.4 Å². The normalized spacial score (nSPS) is 13.3. The molecule has 0 fully saturated rings. The molecule has 0 amide bonds. The lowest BCUT2D eigenvalue weighted by atomic mass is 9.69. The van der Waals surface area contributed by atoms with Gasteiger partial charge >= 0.3 is 0 Å². The second-order valence-electron chi connectivity index (χ2n) is 13.7. The molecule has 9 aromatic rings. The van der Waals surface area contributed by atoms with Crippen molar-refractivity contribution < 1.29 is 0 Å². The summed E-state index contributed by atoms with van der Waals surface area (Å²) in [6.45, 7) is 0. The van der Waals surface area contributed by atoms with E-state index in [1.165, 1.54) is 77.2 Å². The average molecular weight is 647 g/mol. The Balaban J connectivity index is 1.06. The van der Waals surface area contributed by atoms with E-state index in [-0.39, 0.29) is 0 Å². The molecular weight excluding hydrogens is 617 g/mol. The van der Waals surface area contributed by atoms with Crippen molar-refractivity contribution in [2.24, 2.45) is 0 Å². The van der Waals surface area contributed by atoms with Gasteiger partial charge in [-0.15, -0.1) is 0 Å². The first-order valence-corrected chi connectivity index (χ1v) is 17.6. The summed E-state index contributed by atoms with van der Waals surface area (Å²) in [5.41, 5.74) is 16.6. The molecule has 0 unspecified atom stereocenters. The zero-order valence-corrected chi connectivity index (χ0v) is 27.7. The summed E-state index contributed by atoms with van der Waals surface area (Å²) in [6.07, 6.45) is 3.72. The van der Waals surface area contributed by atoms with E-state index in [1.54, 1.807) is 0 Å². The molecule has 2 nitrogen and oxygen atoms in total. The summed E-state index contributed by atoms with van der Waals surface area (Å²) in [7, 11) is 0. The maximum atomic E-state index is 4.74. The molecule has 0 saturated carbocycles.